The van der Waals surface area contributed by atoms with Gasteiger partial charge in [-0.1, -0.05) is 19.0 Å². The summed E-state index contributed by atoms with van der Waals surface area (Å²) in [5.41, 5.74) is 6.71. The number of nitrogens with zero attached hydrogens (tertiary/aromatic N) is 1. The van der Waals surface area contributed by atoms with Crippen LogP contribution in [0.4, 0.5) is 0 Å². The Morgan fingerprint density at radius 1 is 1.50 bits per heavy atom. The minimum absolute atomic E-state index is 0.0688. The lowest BCUT2D eigenvalue weighted by Crippen LogP contribution is -2.35. The molecule has 0 radical (unpaired) electrons. The molecule has 0 aliphatic heterocycles. The monoisotopic (exact) mass is 225 g/mol. The van der Waals surface area contributed by atoms with E-state index in [2.05, 4.69) is 10.5 Å². The molecule has 3 N–H and O–H groups in total. The van der Waals surface area contributed by atoms with Crippen molar-refractivity contribution in [2.75, 3.05) is 6.54 Å². The van der Waals surface area contributed by atoms with Crippen LogP contribution in [0.3, 0.4) is 0 Å². The zero-order chi connectivity index (χ0) is 12.3. The predicted octanol–water partition coefficient (Wildman–Crippen LogP) is 1.18. The van der Waals surface area contributed by atoms with Crippen molar-refractivity contribution in [1.29, 1.82) is 0 Å². The van der Waals surface area contributed by atoms with E-state index >= 15 is 0 Å². The van der Waals surface area contributed by atoms with Crippen LogP contribution in [-0.2, 0) is 0 Å². The molecule has 90 valence electrons. The molecule has 0 aliphatic rings. The van der Waals surface area contributed by atoms with Gasteiger partial charge in [-0.3, -0.25) is 4.79 Å². The lowest BCUT2D eigenvalue weighted by Gasteiger charge is -2.06. The molecule has 0 aromatic carbocycles. The fourth-order valence-electron chi connectivity index (χ4n) is 1.44. The largest absolute Gasteiger partial charge is 0.360 e. The summed E-state index contributed by atoms with van der Waals surface area (Å²) in [4.78, 5) is 11.7. The Labute approximate surface area is 95.4 Å². The fraction of sp³-hybridized carbons (Fsp3) is 0.636. The van der Waals surface area contributed by atoms with E-state index in [0.29, 0.717) is 12.2 Å². The van der Waals surface area contributed by atoms with E-state index in [-0.39, 0.29) is 17.9 Å². The molecule has 1 rings (SSSR count). The summed E-state index contributed by atoms with van der Waals surface area (Å²) in [6, 6.07) is -0.0688. The lowest BCUT2D eigenvalue weighted by molar-refractivity contribution is 0.0942. The van der Waals surface area contributed by atoms with Crippen LogP contribution in [0, 0.1) is 6.92 Å². The van der Waals surface area contributed by atoms with Gasteiger partial charge in [-0.25, -0.2) is 0 Å². The zero-order valence-electron chi connectivity index (χ0n) is 10.2. The third kappa shape index (κ3) is 2.82. The van der Waals surface area contributed by atoms with Crippen LogP contribution in [0.15, 0.2) is 4.52 Å². The molecular formula is C11H19N3O2. The standard InChI is InChI=1S/C11H19N3O2/c1-6(2)10-8(4)9(14-16-10)11(15)13-5-7(3)12/h6-7H,5,12H2,1-4H3,(H,13,15). The summed E-state index contributed by atoms with van der Waals surface area (Å²) in [6.07, 6.45) is 0. The molecule has 0 fully saturated rings. The molecule has 1 amide bonds. The molecule has 5 nitrogen and oxygen atoms in total. The molecule has 1 unspecified atom stereocenters. The second kappa shape index (κ2) is 5.12. The van der Waals surface area contributed by atoms with Gasteiger partial charge in [-0.15, -0.1) is 0 Å². The van der Waals surface area contributed by atoms with Crippen LogP contribution in [0.25, 0.3) is 0 Å². The molecule has 0 aliphatic carbocycles. The van der Waals surface area contributed by atoms with Crippen molar-refractivity contribution < 1.29 is 9.32 Å². The van der Waals surface area contributed by atoms with Crippen molar-refractivity contribution in [1.82, 2.24) is 10.5 Å². The van der Waals surface area contributed by atoms with Crippen molar-refractivity contribution in [2.45, 2.75) is 39.7 Å². The van der Waals surface area contributed by atoms with Crippen LogP contribution in [-0.4, -0.2) is 23.7 Å². The van der Waals surface area contributed by atoms with Crippen LogP contribution in [0.5, 0.6) is 0 Å². The normalized spacial score (nSPS) is 12.9. The Kier molecular flexibility index (Phi) is 4.06. The van der Waals surface area contributed by atoms with E-state index in [4.69, 9.17) is 10.3 Å². The van der Waals surface area contributed by atoms with Gasteiger partial charge in [0.05, 0.1) is 0 Å². The van der Waals surface area contributed by atoms with E-state index in [1.165, 1.54) is 0 Å². The van der Waals surface area contributed by atoms with E-state index in [1.807, 2.05) is 27.7 Å². The number of nitrogens with one attached hydrogen (secondary N) is 1. The van der Waals surface area contributed by atoms with Gasteiger partial charge in [-0.05, 0) is 13.8 Å². The summed E-state index contributed by atoms with van der Waals surface area (Å²) in [6.45, 7) is 8.10. The van der Waals surface area contributed by atoms with E-state index in [9.17, 15) is 4.79 Å². The molecular weight excluding hydrogens is 206 g/mol. The number of carbonyl (C=O) groups excluding carboxylic acids is 1. The Balaban J connectivity index is 2.77. The number of hydrogen-bond donors (Lipinski definition) is 2. The van der Waals surface area contributed by atoms with Crippen LogP contribution in [0.2, 0.25) is 0 Å². The number of amides is 1. The van der Waals surface area contributed by atoms with E-state index < -0.39 is 0 Å². The highest BCUT2D eigenvalue weighted by molar-refractivity contribution is 5.93. The predicted molar refractivity (Wildman–Crippen MR) is 61.3 cm³/mol. The Hall–Kier alpha value is -1.36. The third-order valence-electron chi connectivity index (χ3n) is 2.28. The van der Waals surface area contributed by atoms with Gasteiger partial charge in [0.2, 0.25) is 0 Å². The SMILES string of the molecule is Cc1c(C(=O)NCC(C)N)noc1C(C)C. The first-order chi connectivity index (χ1) is 7.43. The summed E-state index contributed by atoms with van der Waals surface area (Å²) in [7, 11) is 0. The van der Waals surface area contributed by atoms with Crippen LogP contribution < -0.4 is 11.1 Å². The third-order valence-corrected chi connectivity index (χ3v) is 2.28. The molecule has 1 atom stereocenters. The van der Waals surface area contributed by atoms with Crippen molar-refractivity contribution in [3.63, 3.8) is 0 Å². The molecule has 16 heavy (non-hydrogen) atoms. The smallest absolute Gasteiger partial charge is 0.273 e. The fourth-order valence-corrected chi connectivity index (χ4v) is 1.44. The maximum atomic E-state index is 11.7. The quantitative estimate of drug-likeness (QED) is 0.806. The topological polar surface area (TPSA) is 81.2 Å². The van der Waals surface area contributed by atoms with Gasteiger partial charge in [-0.2, -0.15) is 0 Å². The lowest BCUT2D eigenvalue weighted by atomic mass is 10.1. The van der Waals surface area contributed by atoms with Gasteiger partial charge in [0.1, 0.15) is 5.76 Å². The van der Waals surface area contributed by atoms with Crippen molar-refractivity contribution in [3.8, 4) is 0 Å². The summed E-state index contributed by atoms with van der Waals surface area (Å²) < 4.78 is 5.14. The van der Waals surface area contributed by atoms with Crippen molar-refractivity contribution in [3.05, 3.63) is 17.0 Å². The first-order valence-electron chi connectivity index (χ1n) is 5.43. The molecule has 1 aromatic rings. The first-order valence-corrected chi connectivity index (χ1v) is 5.43. The number of hydrogen-bond acceptors (Lipinski definition) is 4. The molecule has 1 heterocycles. The summed E-state index contributed by atoms with van der Waals surface area (Å²) in [5.74, 6) is 0.749. The maximum absolute atomic E-state index is 11.7. The highest BCUT2D eigenvalue weighted by Crippen LogP contribution is 2.21. The molecule has 0 bridgehead atoms. The van der Waals surface area contributed by atoms with Gasteiger partial charge in [0.15, 0.2) is 5.69 Å². The van der Waals surface area contributed by atoms with Gasteiger partial charge in [0.25, 0.3) is 5.91 Å². The zero-order valence-corrected chi connectivity index (χ0v) is 10.2. The number of rotatable bonds is 4. The minimum Gasteiger partial charge on any atom is -0.360 e. The van der Waals surface area contributed by atoms with Crippen molar-refractivity contribution in [2.24, 2.45) is 5.73 Å². The highest BCUT2D eigenvalue weighted by Gasteiger charge is 2.20. The van der Waals surface area contributed by atoms with E-state index in [1.54, 1.807) is 0 Å². The molecule has 1 aromatic heterocycles. The highest BCUT2D eigenvalue weighted by atomic mass is 16.5. The molecule has 0 saturated carbocycles. The second-order valence-electron chi connectivity index (χ2n) is 4.36. The first kappa shape index (κ1) is 12.7. The molecule has 0 saturated heterocycles. The van der Waals surface area contributed by atoms with Crippen LogP contribution >= 0.6 is 0 Å². The second-order valence-corrected chi connectivity index (χ2v) is 4.36. The Morgan fingerprint density at radius 2 is 2.12 bits per heavy atom. The molecule has 0 spiro atoms. The summed E-state index contributed by atoms with van der Waals surface area (Å²) in [5, 5.41) is 6.49. The van der Waals surface area contributed by atoms with Gasteiger partial charge < -0.3 is 15.6 Å². The Morgan fingerprint density at radius 3 is 2.56 bits per heavy atom. The van der Waals surface area contributed by atoms with Crippen molar-refractivity contribution >= 4 is 5.91 Å². The number of aromatic nitrogens is 1. The maximum Gasteiger partial charge on any atom is 0.273 e. The average Bonchev–Trinajstić information content (AvgIpc) is 2.56. The summed E-state index contributed by atoms with van der Waals surface area (Å²) >= 11 is 0. The van der Waals surface area contributed by atoms with Gasteiger partial charge >= 0.3 is 0 Å². The average molecular weight is 225 g/mol. The minimum atomic E-state index is -0.231. The number of nitrogens with two attached hydrogens (primary N) is 1. The molecule has 5 heteroatoms. The van der Waals surface area contributed by atoms with E-state index in [0.717, 1.165) is 11.3 Å². The van der Waals surface area contributed by atoms with Gasteiger partial charge in [0, 0.05) is 24.1 Å². The van der Waals surface area contributed by atoms with Crippen LogP contribution in [0.1, 0.15) is 48.5 Å². The number of carbonyl (C=O) groups is 1. The Bertz CT molecular complexity index is 369.